The zero-order valence-corrected chi connectivity index (χ0v) is 12.5. The summed E-state index contributed by atoms with van der Waals surface area (Å²) in [5, 5.41) is 15.0. The predicted molar refractivity (Wildman–Crippen MR) is 82.9 cm³/mol. The lowest BCUT2D eigenvalue weighted by Crippen LogP contribution is -2.28. The number of ether oxygens (including phenoxy) is 1. The van der Waals surface area contributed by atoms with Crippen molar-refractivity contribution in [1.29, 1.82) is 0 Å². The van der Waals surface area contributed by atoms with E-state index in [1.54, 1.807) is 12.1 Å². The van der Waals surface area contributed by atoms with Gasteiger partial charge in [-0.3, -0.25) is 0 Å². The van der Waals surface area contributed by atoms with Crippen LogP contribution in [-0.2, 0) is 0 Å². The van der Waals surface area contributed by atoms with Crippen LogP contribution in [0.25, 0.3) is 0 Å². The molecule has 0 aromatic heterocycles. The topological polar surface area (TPSA) is 83.1 Å². The van der Waals surface area contributed by atoms with Gasteiger partial charge >= 0.3 is 0 Å². The van der Waals surface area contributed by atoms with Gasteiger partial charge in [0.2, 0.25) is 0 Å². The second-order valence-corrected chi connectivity index (χ2v) is 5.48. The third-order valence-electron chi connectivity index (χ3n) is 3.73. The van der Waals surface area contributed by atoms with E-state index in [9.17, 15) is 0 Å². The number of rotatable bonds is 7. The molecule has 1 atom stereocenters. The molecule has 1 heterocycles. The smallest absolute Gasteiger partial charge is 0.170 e. The number of amidine groups is 1. The van der Waals surface area contributed by atoms with Crippen molar-refractivity contribution in [3.05, 3.63) is 29.8 Å². The van der Waals surface area contributed by atoms with Gasteiger partial charge in [0.25, 0.3) is 0 Å². The number of likely N-dealkylation sites (tertiary alicyclic amines) is 1. The van der Waals surface area contributed by atoms with Crippen molar-refractivity contribution in [3.63, 3.8) is 0 Å². The number of nitrogens with one attached hydrogen (secondary N) is 1. The first-order valence-corrected chi connectivity index (χ1v) is 7.29. The summed E-state index contributed by atoms with van der Waals surface area (Å²) >= 11 is 0. The van der Waals surface area contributed by atoms with Crippen LogP contribution in [0.15, 0.2) is 29.4 Å². The molecule has 1 aromatic rings. The Hall–Kier alpha value is -1.79. The van der Waals surface area contributed by atoms with E-state index < -0.39 is 0 Å². The number of hydrogen-bond donors (Lipinski definition) is 3. The largest absolute Gasteiger partial charge is 0.492 e. The van der Waals surface area contributed by atoms with Crippen molar-refractivity contribution in [2.45, 2.75) is 6.42 Å². The van der Waals surface area contributed by atoms with Gasteiger partial charge in [-0.15, -0.1) is 0 Å². The Kier molecular flexibility index (Phi) is 5.83. The summed E-state index contributed by atoms with van der Waals surface area (Å²) in [6.45, 7) is 4.91. The molecule has 1 unspecified atom stereocenters. The zero-order valence-electron chi connectivity index (χ0n) is 12.5. The van der Waals surface area contributed by atoms with Crippen LogP contribution < -0.4 is 15.8 Å². The Morgan fingerprint density at radius 3 is 2.86 bits per heavy atom. The molecular weight excluding hydrogens is 268 g/mol. The number of oxime groups is 1. The Morgan fingerprint density at radius 2 is 2.24 bits per heavy atom. The molecule has 2 rings (SSSR count). The van der Waals surface area contributed by atoms with Gasteiger partial charge in [-0.1, -0.05) is 5.16 Å². The summed E-state index contributed by atoms with van der Waals surface area (Å²) in [6, 6.07) is 7.18. The lowest BCUT2D eigenvalue weighted by Gasteiger charge is -2.12. The molecule has 0 saturated carbocycles. The van der Waals surface area contributed by atoms with Crippen LogP contribution in [0.2, 0.25) is 0 Å². The first-order valence-electron chi connectivity index (χ1n) is 7.29. The molecule has 0 aliphatic carbocycles. The van der Waals surface area contributed by atoms with Gasteiger partial charge in [-0.05, 0) is 56.7 Å². The third kappa shape index (κ3) is 4.91. The Labute approximate surface area is 125 Å². The summed E-state index contributed by atoms with van der Waals surface area (Å²) in [7, 11) is 2.17. The van der Waals surface area contributed by atoms with E-state index in [2.05, 4.69) is 22.4 Å². The lowest BCUT2D eigenvalue weighted by atomic mass is 10.1. The van der Waals surface area contributed by atoms with E-state index in [0.717, 1.165) is 24.8 Å². The van der Waals surface area contributed by atoms with Crippen molar-refractivity contribution >= 4 is 5.84 Å². The molecule has 21 heavy (non-hydrogen) atoms. The minimum atomic E-state index is 0.102. The Balaban J connectivity index is 1.62. The molecular formula is C15H24N4O2. The van der Waals surface area contributed by atoms with Gasteiger partial charge in [0, 0.05) is 18.7 Å². The average Bonchev–Trinajstić information content (AvgIpc) is 2.92. The molecule has 4 N–H and O–H groups in total. The van der Waals surface area contributed by atoms with Gasteiger partial charge in [0.05, 0.1) is 0 Å². The maximum Gasteiger partial charge on any atom is 0.170 e. The van der Waals surface area contributed by atoms with E-state index in [4.69, 9.17) is 15.7 Å². The highest BCUT2D eigenvalue weighted by Crippen LogP contribution is 2.13. The second kappa shape index (κ2) is 7.85. The van der Waals surface area contributed by atoms with Crippen LogP contribution in [0.1, 0.15) is 12.0 Å². The average molecular weight is 292 g/mol. The Bertz CT molecular complexity index is 461. The number of nitrogens with two attached hydrogens (primary N) is 1. The minimum Gasteiger partial charge on any atom is -0.492 e. The molecule has 1 aliphatic rings. The summed E-state index contributed by atoms with van der Waals surface area (Å²) in [5.74, 6) is 1.65. The van der Waals surface area contributed by atoms with Crippen molar-refractivity contribution in [3.8, 4) is 5.75 Å². The third-order valence-corrected chi connectivity index (χ3v) is 3.73. The highest BCUT2D eigenvalue weighted by Gasteiger charge is 2.18. The Morgan fingerprint density at radius 1 is 1.48 bits per heavy atom. The fraction of sp³-hybridized carbons (Fsp3) is 0.533. The highest BCUT2D eigenvalue weighted by atomic mass is 16.5. The van der Waals surface area contributed by atoms with Gasteiger partial charge in [0.15, 0.2) is 5.84 Å². The molecule has 1 aromatic carbocycles. The number of hydrogen-bond acceptors (Lipinski definition) is 5. The maximum absolute atomic E-state index is 8.58. The normalized spacial score (nSPS) is 19.9. The molecule has 116 valence electrons. The van der Waals surface area contributed by atoms with Crippen LogP contribution in [0.4, 0.5) is 0 Å². The van der Waals surface area contributed by atoms with Crippen molar-refractivity contribution in [2.75, 3.05) is 39.8 Å². The number of nitrogens with zero attached hydrogens (tertiary/aromatic N) is 2. The quantitative estimate of drug-likeness (QED) is 0.226. The lowest BCUT2D eigenvalue weighted by molar-refractivity contribution is 0.307. The predicted octanol–water partition coefficient (Wildman–Crippen LogP) is 0.701. The summed E-state index contributed by atoms with van der Waals surface area (Å²) in [4.78, 5) is 2.37. The van der Waals surface area contributed by atoms with Gasteiger partial charge < -0.3 is 25.9 Å². The SMILES string of the molecule is CN1CCC(CNCCOc2ccc(C(N)=NO)cc2)C1. The molecule has 1 fully saturated rings. The van der Waals surface area contributed by atoms with E-state index in [1.165, 1.54) is 19.5 Å². The fourth-order valence-electron chi connectivity index (χ4n) is 2.52. The molecule has 0 radical (unpaired) electrons. The summed E-state index contributed by atoms with van der Waals surface area (Å²) in [6.07, 6.45) is 1.28. The highest BCUT2D eigenvalue weighted by molar-refractivity contribution is 5.97. The van der Waals surface area contributed by atoms with E-state index >= 15 is 0 Å². The first kappa shape index (κ1) is 15.6. The molecule has 0 bridgehead atoms. The molecule has 6 nitrogen and oxygen atoms in total. The first-order chi connectivity index (χ1) is 10.2. The van der Waals surface area contributed by atoms with E-state index in [1.807, 2.05) is 12.1 Å². The number of benzene rings is 1. The maximum atomic E-state index is 8.58. The minimum absolute atomic E-state index is 0.102. The summed E-state index contributed by atoms with van der Waals surface area (Å²) < 4.78 is 5.64. The van der Waals surface area contributed by atoms with Crippen LogP contribution in [0, 0.1) is 5.92 Å². The van der Waals surface area contributed by atoms with Crippen LogP contribution in [0.5, 0.6) is 5.75 Å². The van der Waals surface area contributed by atoms with Crippen LogP contribution >= 0.6 is 0 Å². The zero-order chi connectivity index (χ0) is 15.1. The molecule has 6 heteroatoms. The fourth-order valence-corrected chi connectivity index (χ4v) is 2.52. The van der Waals surface area contributed by atoms with Crippen molar-refractivity contribution < 1.29 is 9.94 Å². The molecule has 0 spiro atoms. The van der Waals surface area contributed by atoms with Gasteiger partial charge in [0.1, 0.15) is 12.4 Å². The molecule has 1 saturated heterocycles. The standard InChI is InChI=1S/C15H24N4O2/c1-19-8-6-12(11-19)10-17-7-9-21-14-4-2-13(3-5-14)15(16)18-20/h2-5,12,17,20H,6-11H2,1H3,(H2,16,18). The second-order valence-electron chi connectivity index (χ2n) is 5.48. The van der Waals surface area contributed by atoms with Gasteiger partial charge in [-0.2, -0.15) is 0 Å². The molecule has 1 aliphatic heterocycles. The van der Waals surface area contributed by atoms with Crippen molar-refractivity contribution in [1.82, 2.24) is 10.2 Å². The molecule has 0 amide bonds. The monoisotopic (exact) mass is 292 g/mol. The van der Waals surface area contributed by atoms with E-state index in [-0.39, 0.29) is 5.84 Å². The summed E-state index contributed by atoms with van der Waals surface area (Å²) in [5.41, 5.74) is 6.17. The van der Waals surface area contributed by atoms with E-state index in [0.29, 0.717) is 12.2 Å². The van der Waals surface area contributed by atoms with Crippen molar-refractivity contribution in [2.24, 2.45) is 16.8 Å². The van der Waals surface area contributed by atoms with Crippen LogP contribution in [0.3, 0.4) is 0 Å². The van der Waals surface area contributed by atoms with Crippen LogP contribution in [-0.4, -0.2) is 55.8 Å². The van der Waals surface area contributed by atoms with Gasteiger partial charge in [-0.25, -0.2) is 0 Å².